The Labute approximate surface area is 320 Å². The van der Waals surface area contributed by atoms with E-state index in [0.717, 1.165) is 21.8 Å². The molecule has 0 spiro atoms. The second-order valence-corrected chi connectivity index (χ2v) is 15.3. The molecule has 2 heteroatoms. The van der Waals surface area contributed by atoms with Gasteiger partial charge in [0.1, 0.15) is 0 Å². The summed E-state index contributed by atoms with van der Waals surface area (Å²) in [5.41, 5.74) is 16.9. The molecule has 0 radical (unpaired) electrons. The molecule has 0 saturated carbocycles. The maximum atomic E-state index is 5.12. The molecule has 0 bridgehead atoms. The molecule has 0 amide bonds. The topological polar surface area (TPSA) is 25.8 Å². The number of pyridine rings is 2. The maximum absolute atomic E-state index is 5.12. The van der Waals surface area contributed by atoms with Crippen molar-refractivity contribution in [3.63, 3.8) is 0 Å². The average Bonchev–Trinajstić information content (AvgIpc) is 3.47. The molecule has 2 heterocycles. The summed E-state index contributed by atoms with van der Waals surface area (Å²) >= 11 is 0. The van der Waals surface area contributed by atoms with Gasteiger partial charge < -0.3 is 0 Å². The third kappa shape index (κ3) is 4.68. The standard InChI is InChI=1S/C53H36N2/c1-53(2)45-23-11-10-16-37(45)38-29-28-36(32-46(38)53)50-42-20-9-7-18-40(42)48(44-22-13-31-55-52(44)50)35-26-24-34(25-27-35)47-39-17-6-8-19-41(39)49(33-14-4-3-5-15-33)51-43(47)21-12-30-54-51/h3-32H,1-2H3. The van der Waals surface area contributed by atoms with Gasteiger partial charge in [-0.25, -0.2) is 0 Å². The van der Waals surface area contributed by atoms with Crippen molar-refractivity contribution in [2.75, 3.05) is 0 Å². The Balaban J connectivity index is 1.10. The summed E-state index contributed by atoms with van der Waals surface area (Å²) < 4.78 is 0. The Morgan fingerprint density at radius 1 is 0.327 bits per heavy atom. The quantitative estimate of drug-likeness (QED) is 0.171. The molecule has 0 unspecified atom stereocenters. The van der Waals surface area contributed by atoms with Gasteiger partial charge in [-0.3, -0.25) is 9.97 Å². The van der Waals surface area contributed by atoms with Crippen LogP contribution in [0.1, 0.15) is 25.0 Å². The van der Waals surface area contributed by atoms with Gasteiger partial charge in [-0.05, 0) is 95.4 Å². The van der Waals surface area contributed by atoms with Crippen LogP contribution in [-0.2, 0) is 5.41 Å². The van der Waals surface area contributed by atoms with Crippen molar-refractivity contribution in [2.24, 2.45) is 0 Å². The Hall–Kier alpha value is -6.90. The zero-order valence-electron chi connectivity index (χ0n) is 30.7. The van der Waals surface area contributed by atoms with E-state index >= 15 is 0 Å². The fourth-order valence-corrected chi connectivity index (χ4v) is 9.47. The first-order chi connectivity index (χ1) is 27.1. The van der Waals surface area contributed by atoms with E-state index < -0.39 is 0 Å². The number of nitrogens with zero attached hydrogens (tertiary/aromatic N) is 2. The molecule has 258 valence electrons. The van der Waals surface area contributed by atoms with Gasteiger partial charge >= 0.3 is 0 Å². The van der Waals surface area contributed by atoms with Crippen molar-refractivity contribution < 1.29 is 0 Å². The molecule has 0 saturated heterocycles. The molecule has 55 heavy (non-hydrogen) atoms. The van der Waals surface area contributed by atoms with E-state index in [2.05, 4.69) is 184 Å². The van der Waals surface area contributed by atoms with Crippen LogP contribution in [-0.4, -0.2) is 9.97 Å². The minimum absolute atomic E-state index is 0.0861. The van der Waals surface area contributed by atoms with E-state index in [9.17, 15) is 0 Å². The third-order valence-electron chi connectivity index (χ3n) is 12.0. The zero-order valence-corrected chi connectivity index (χ0v) is 30.7. The summed E-state index contributed by atoms with van der Waals surface area (Å²) in [6.45, 7) is 4.70. The largest absolute Gasteiger partial charge is 0.256 e. The number of rotatable bonds is 4. The van der Waals surface area contributed by atoms with Crippen LogP contribution < -0.4 is 0 Å². The van der Waals surface area contributed by atoms with Gasteiger partial charge in [0.25, 0.3) is 0 Å². The van der Waals surface area contributed by atoms with Crippen molar-refractivity contribution in [3.05, 3.63) is 193 Å². The summed E-state index contributed by atoms with van der Waals surface area (Å²) in [5, 5.41) is 7.16. The summed E-state index contributed by atoms with van der Waals surface area (Å²) in [6.07, 6.45) is 3.84. The monoisotopic (exact) mass is 700 g/mol. The van der Waals surface area contributed by atoms with Gasteiger partial charge in [0.2, 0.25) is 0 Å². The van der Waals surface area contributed by atoms with Gasteiger partial charge in [0.05, 0.1) is 11.0 Å². The Kier molecular flexibility index (Phi) is 6.93. The molecule has 2 aromatic heterocycles. The lowest BCUT2D eigenvalue weighted by Gasteiger charge is -2.23. The zero-order chi connectivity index (χ0) is 36.7. The van der Waals surface area contributed by atoms with Crippen LogP contribution in [0.3, 0.4) is 0 Å². The molecular formula is C53H36N2. The van der Waals surface area contributed by atoms with Crippen molar-refractivity contribution >= 4 is 43.4 Å². The summed E-state index contributed by atoms with van der Waals surface area (Å²) in [7, 11) is 0. The molecule has 1 aliphatic rings. The maximum Gasteiger partial charge on any atom is 0.0792 e. The van der Waals surface area contributed by atoms with Crippen LogP contribution in [0.5, 0.6) is 0 Å². The molecule has 0 fully saturated rings. The molecule has 10 aromatic rings. The molecule has 2 nitrogen and oxygen atoms in total. The van der Waals surface area contributed by atoms with Crippen LogP contribution in [0, 0.1) is 0 Å². The predicted molar refractivity (Wildman–Crippen MR) is 231 cm³/mol. The Bertz CT molecular complexity index is 3040. The third-order valence-corrected chi connectivity index (χ3v) is 12.0. The molecule has 0 aliphatic heterocycles. The van der Waals surface area contributed by atoms with Crippen LogP contribution >= 0.6 is 0 Å². The first-order valence-electron chi connectivity index (χ1n) is 19.1. The van der Waals surface area contributed by atoms with E-state index in [4.69, 9.17) is 9.97 Å². The summed E-state index contributed by atoms with van der Waals surface area (Å²) in [6, 6.07) is 61.9. The van der Waals surface area contributed by atoms with Gasteiger partial charge in [0.15, 0.2) is 0 Å². The fourth-order valence-electron chi connectivity index (χ4n) is 9.47. The van der Waals surface area contributed by atoms with Crippen molar-refractivity contribution in [2.45, 2.75) is 19.3 Å². The van der Waals surface area contributed by atoms with Gasteiger partial charge in [0, 0.05) is 39.7 Å². The number of aromatic nitrogens is 2. The van der Waals surface area contributed by atoms with E-state index in [1.165, 1.54) is 88.3 Å². The summed E-state index contributed by atoms with van der Waals surface area (Å²) in [5.74, 6) is 0. The van der Waals surface area contributed by atoms with E-state index in [-0.39, 0.29) is 5.41 Å². The van der Waals surface area contributed by atoms with Crippen LogP contribution in [0.4, 0.5) is 0 Å². The highest BCUT2D eigenvalue weighted by molar-refractivity contribution is 6.22. The molecular weight excluding hydrogens is 665 g/mol. The lowest BCUT2D eigenvalue weighted by Crippen LogP contribution is -2.14. The minimum Gasteiger partial charge on any atom is -0.256 e. The first-order valence-corrected chi connectivity index (χ1v) is 19.1. The lowest BCUT2D eigenvalue weighted by atomic mass is 9.81. The van der Waals surface area contributed by atoms with E-state index in [1.807, 2.05) is 12.4 Å². The van der Waals surface area contributed by atoms with Gasteiger partial charge in [-0.2, -0.15) is 0 Å². The number of hydrogen-bond donors (Lipinski definition) is 0. The molecule has 8 aromatic carbocycles. The van der Waals surface area contributed by atoms with Crippen molar-refractivity contribution in [1.82, 2.24) is 9.97 Å². The van der Waals surface area contributed by atoms with Crippen LogP contribution in [0.15, 0.2) is 182 Å². The van der Waals surface area contributed by atoms with Crippen molar-refractivity contribution in [1.29, 1.82) is 0 Å². The molecule has 1 aliphatic carbocycles. The second kappa shape index (κ2) is 12.1. The van der Waals surface area contributed by atoms with Gasteiger partial charge in [-0.1, -0.05) is 166 Å². The van der Waals surface area contributed by atoms with Crippen LogP contribution in [0.25, 0.3) is 99.0 Å². The van der Waals surface area contributed by atoms with E-state index in [1.54, 1.807) is 0 Å². The normalized spacial score (nSPS) is 13.1. The molecule has 11 rings (SSSR count). The SMILES string of the molecule is CC1(C)c2ccccc2-c2ccc(-c3c4ccccc4c(-c4ccc(-c5c6ccccc6c(-c6ccccc6)c6ncccc56)cc4)c4cccnc34)cc21. The second-order valence-electron chi connectivity index (χ2n) is 15.3. The number of benzene rings is 8. The average molecular weight is 701 g/mol. The lowest BCUT2D eigenvalue weighted by molar-refractivity contribution is 0.660. The molecule has 0 atom stereocenters. The smallest absolute Gasteiger partial charge is 0.0792 e. The Morgan fingerprint density at radius 2 is 0.745 bits per heavy atom. The fraction of sp³-hybridized carbons (Fsp3) is 0.0566. The highest BCUT2D eigenvalue weighted by Gasteiger charge is 2.35. The summed E-state index contributed by atoms with van der Waals surface area (Å²) in [4.78, 5) is 10.1. The minimum atomic E-state index is -0.0861. The van der Waals surface area contributed by atoms with Crippen LogP contribution in [0.2, 0.25) is 0 Å². The first kappa shape index (κ1) is 31.6. The van der Waals surface area contributed by atoms with Crippen molar-refractivity contribution in [3.8, 4) is 55.6 Å². The predicted octanol–water partition coefficient (Wildman–Crippen LogP) is 14.1. The Morgan fingerprint density at radius 3 is 1.33 bits per heavy atom. The highest BCUT2D eigenvalue weighted by Crippen LogP contribution is 2.51. The highest BCUT2D eigenvalue weighted by atomic mass is 14.7. The number of hydrogen-bond acceptors (Lipinski definition) is 2. The number of fused-ring (bicyclic) bond motifs is 7. The molecule has 0 N–H and O–H groups in total. The van der Waals surface area contributed by atoms with E-state index in [0.29, 0.717) is 0 Å². The van der Waals surface area contributed by atoms with Gasteiger partial charge in [-0.15, -0.1) is 0 Å².